The zero-order chi connectivity index (χ0) is 9.42. The maximum atomic E-state index is 8.82. The molecule has 0 atom stereocenters. The molecular formula is C11H10N2. The van der Waals surface area contributed by atoms with E-state index < -0.39 is 0 Å². The van der Waals surface area contributed by atoms with Crippen LogP contribution >= 0.6 is 0 Å². The Morgan fingerprint density at radius 2 is 2.08 bits per heavy atom. The van der Waals surface area contributed by atoms with Gasteiger partial charge in [-0.05, 0) is 36.9 Å². The van der Waals surface area contributed by atoms with E-state index in [1.54, 1.807) is 0 Å². The number of H-pyrrole nitrogens is 1. The van der Waals surface area contributed by atoms with Crippen LogP contribution in [0.4, 0.5) is 0 Å². The maximum Gasteiger partial charge on any atom is 0.0995 e. The van der Waals surface area contributed by atoms with Gasteiger partial charge in [0.05, 0.1) is 11.6 Å². The molecule has 1 heterocycles. The molecule has 0 saturated heterocycles. The van der Waals surface area contributed by atoms with Gasteiger partial charge in [-0.25, -0.2) is 0 Å². The zero-order valence-corrected chi connectivity index (χ0v) is 7.68. The van der Waals surface area contributed by atoms with Gasteiger partial charge in [-0.15, -0.1) is 0 Å². The molecule has 0 unspecified atom stereocenters. The molecule has 0 aliphatic carbocycles. The topological polar surface area (TPSA) is 39.6 Å². The second-order valence-corrected chi connectivity index (χ2v) is 3.27. The van der Waals surface area contributed by atoms with Gasteiger partial charge in [0.2, 0.25) is 0 Å². The van der Waals surface area contributed by atoms with Crippen LogP contribution in [0.5, 0.6) is 0 Å². The fraction of sp³-hybridized carbons (Fsp3) is 0.182. The lowest BCUT2D eigenvalue weighted by Gasteiger charge is -1.97. The Morgan fingerprint density at radius 1 is 1.31 bits per heavy atom. The van der Waals surface area contributed by atoms with E-state index >= 15 is 0 Å². The summed E-state index contributed by atoms with van der Waals surface area (Å²) in [5.74, 6) is 0. The molecule has 1 N–H and O–H groups in total. The minimum Gasteiger partial charge on any atom is -0.358 e. The average molecular weight is 170 g/mol. The van der Waals surface area contributed by atoms with Crippen molar-refractivity contribution in [2.45, 2.75) is 13.8 Å². The molecule has 2 aromatic rings. The van der Waals surface area contributed by atoms with Crippen LogP contribution in [-0.4, -0.2) is 4.98 Å². The summed E-state index contributed by atoms with van der Waals surface area (Å²) in [5, 5.41) is 10.00. The molecule has 0 aliphatic heterocycles. The Balaban J connectivity index is 2.87. The molecule has 0 spiro atoms. The van der Waals surface area contributed by atoms with Crippen molar-refractivity contribution in [3.8, 4) is 6.07 Å². The Hall–Kier alpha value is -1.75. The predicted octanol–water partition coefficient (Wildman–Crippen LogP) is 2.66. The van der Waals surface area contributed by atoms with Crippen molar-refractivity contribution in [1.82, 2.24) is 4.98 Å². The van der Waals surface area contributed by atoms with Gasteiger partial charge in [-0.1, -0.05) is 6.07 Å². The Labute approximate surface area is 76.8 Å². The van der Waals surface area contributed by atoms with Crippen molar-refractivity contribution in [1.29, 1.82) is 5.26 Å². The highest BCUT2D eigenvalue weighted by atomic mass is 14.7. The summed E-state index contributed by atoms with van der Waals surface area (Å²) < 4.78 is 0. The van der Waals surface area contributed by atoms with Gasteiger partial charge >= 0.3 is 0 Å². The predicted molar refractivity (Wildman–Crippen MR) is 52.5 cm³/mol. The lowest BCUT2D eigenvalue weighted by atomic mass is 10.1. The second kappa shape index (κ2) is 2.63. The largest absolute Gasteiger partial charge is 0.358 e. The summed E-state index contributed by atoms with van der Waals surface area (Å²) in [6.07, 6.45) is 0. The Morgan fingerprint density at radius 3 is 2.77 bits per heavy atom. The first-order valence-corrected chi connectivity index (χ1v) is 4.21. The summed E-state index contributed by atoms with van der Waals surface area (Å²) in [6, 6.07) is 8.11. The lowest BCUT2D eigenvalue weighted by molar-refractivity contribution is 1.28. The molecule has 13 heavy (non-hydrogen) atoms. The van der Waals surface area contributed by atoms with E-state index in [-0.39, 0.29) is 0 Å². The van der Waals surface area contributed by atoms with Crippen LogP contribution in [0.1, 0.15) is 16.8 Å². The van der Waals surface area contributed by atoms with E-state index in [4.69, 9.17) is 5.26 Å². The molecular weight excluding hydrogens is 160 g/mol. The van der Waals surface area contributed by atoms with E-state index in [9.17, 15) is 0 Å². The molecule has 0 amide bonds. The molecule has 0 bridgehead atoms. The van der Waals surface area contributed by atoms with Gasteiger partial charge in [0.25, 0.3) is 0 Å². The summed E-state index contributed by atoms with van der Waals surface area (Å²) in [7, 11) is 0. The third-order valence-corrected chi connectivity index (χ3v) is 2.31. The first-order valence-electron chi connectivity index (χ1n) is 4.21. The van der Waals surface area contributed by atoms with Crippen LogP contribution in [0.2, 0.25) is 0 Å². The smallest absolute Gasteiger partial charge is 0.0995 e. The number of nitrogens with one attached hydrogen (secondary N) is 1. The molecule has 64 valence electrons. The quantitative estimate of drug-likeness (QED) is 0.648. The van der Waals surface area contributed by atoms with Gasteiger partial charge < -0.3 is 4.98 Å². The number of rotatable bonds is 0. The van der Waals surface area contributed by atoms with Crippen LogP contribution in [0.25, 0.3) is 10.9 Å². The lowest BCUT2D eigenvalue weighted by Crippen LogP contribution is -1.83. The summed E-state index contributed by atoms with van der Waals surface area (Å²) in [4.78, 5) is 3.25. The van der Waals surface area contributed by atoms with Crippen molar-refractivity contribution >= 4 is 10.9 Å². The van der Waals surface area contributed by atoms with Crippen LogP contribution < -0.4 is 0 Å². The average Bonchev–Trinajstić information content (AvgIpc) is 2.47. The molecule has 2 heteroatoms. The minimum absolute atomic E-state index is 0.745. The fourth-order valence-electron chi connectivity index (χ4n) is 1.61. The number of benzene rings is 1. The number of nitrogens with zero attached hydrogens (tertiary/aromatic N) is 1. The van der Waals surface area contributed by atoms with Gasteiger partial charge in [0.1, 0.15) is 0 Å². The van der Waals surface area contributed by atoms with Crippen LogP contribution in [0.15, 0.2) is 18.2 Å². The van der Waals surface area contributed by atoms with E-state index in [0.29, 0.717) is 0 Å². The maximum absolute atomic E-state index is 8.82. The van der Waals surface area contributed by atoms with Gasteiger partial charge in [-0.2, -0.15) is 5.26 Å². The monoisotopic (exact) mass is 170 g/mol. The first kappa shape index (κ1) is 7.88. The van der Waals surface area contributed by atoms with E-state index in [0.717, 1.165) is 22.3 Å². The Bertz CT molecular complexity index is 501. The third-order valence-electron chi connectivity index (χ3n) is 2.31. The number of aromatic amines is 1. The van der Waals surface area contributed by atoms with Crippen molar-refractivity contribution in [3.05, 3.63) is 35.0 Å². The van der Waals surface area contributed by atoms with E-state index in [1.807, 2.05) is 26.0 Å². The molecule has 1 aromatic carbocycles. The van der Waals surface area contributed by atoms with Crippen LogP contribution in [-0.2, 0) is 0 Å². The highest BCUT2D eigenvalue weighted by molar-refractivity contribution is 5.85. The number of nitriles is 1. The molecule has 2 rings (SSSR count). The third kappa shape index (κ3) is 1.09. The highest BCUT2D eigenvalue weighted by Crippen LogP contribution is 2.21. The molecule has 0 aliphatic rings. The van der Waals surface area contributed by atoms with Gasteiger partial charge in [0, 0.05) is 11.2 Å². The van der Waals surface area contributed by atoms with Gasteiger partial charge in [0.15, 0.2) is 0 Å². The van der Waals surface area contributed by atoms with Crippen molar-refractivity contribution in [2.75, 3.05) is 0 Å². The fourth-order valence-corrected chi connectivity index (χ4v) is 1.61. The van der Waals surface area contributed by atoms with Crippen molar-refractivity contribution in [2.24, 2.45) is 0 Å². The summed E-state index contributed by atoms with van der Waals surface area (Å²) in [6.45, 7) is 3.99. The first-order chi connectivity index (χ1) is 6.22. The normalized spacial score (nSPS) is 10.2. The summed E-state index contributed by atoms with van der Waals surface area (Å²) in [5.41, 5.74) is 3.99. The van der Waals surface area contributed by atoms with Crippen LogP contribution in [0.3, 0.4) is 0 Å². The van der Waals surface area contributed by atoms with Crippen LogP contribution in [0, 0.1) is 25.2 Å². The second-order valence-electron chi connectivity index (χ2n) is 3.27. The number of aromatic nitrogens is 1. The van der Waals surface area contributed by atoms with E-state index in [1.165, 1.54) is 5.39 Å². The zero-order valence-electron chi connectivity index (χ0n) is 7.68. The summed E-state index contributed by atoms with van der Waals surface area (Å²) >= 11 is 0. The number of hydrogen-bond acceptors (Lipinski definition) is 1. The number of fused-ring (bicyclic) bond motifs is 1. The molecule has 2 nitrogen and oxygen atoms in total. The highest BCUT2D eigenvalue weighted by Gasteiger charge is 2.04. The standard InChI is InChI=1S/C11H10N2/c1-7-5-9-3-4-10(6-12)8(2)11(9)13-7/h3-5,13H,1-2H3. The molecule has 1 aromatic heterocycles. The van der Waals surface area contributed by atoms with Crippen molar-refractivity contribution in [3.63, 3.8) is 0 Å². The number of aryl methyl sites for hydroxylation is 2. The SMILES string of the molecule is Cc1cc2ccc(C#N)c(C)c2[nH]1. The molecule has 0 radical (unpaired) electrons. The van der Waals surface area contributed by atoms with E-state index in [2.05, 4.69) is 17.1 Å². The molecule has 0 fully saturated rings. The molecule has 0 saturated carbocycles. The Kier molecular flexibility index (Phi) is 1.60. The number of hydrogen-bond donors (Lipinski definition) is 1. The van der Waals surface area contributed by atoms with Crippen molar-refractivity contribution < 1.29 is 0 Å². The minimum atomic E-state index is 0.745. The van der Waals surface area contributed by atoms with Gasteiger partial charge in [-0.3, -0.25) is 0 Å².